The van der Waals surface area contributed by atoms with Gasteiger partial charge in [0.25, 0.3) is 0 Å². The van der Waals surface area contributed by atoms with E-state index >= 15 is 0 Å². The fourth-order valence-electron chi connectivity index (χ4n) is 2.16. The quantitative estimate of drug-likeness (QED) is 0.431. The summed E-state index contributed by atoms with van der Waals surface area (Å²) in [6.45, 7) is 4.50. The molecule has 0 aromatic heterocycles. The molecule has 102 valence electrons. The first-order valence-corrected chi connectivity index (χ1v) is 8.90. The second kappa shape index (κ2) is 9.14. The summed E-state index contributed by atoms with van der Waals surface area (Å²) in [7, 11) is 0. The molecule has 0 spiro atoms. The van der Waals surface area contributed by atoms with Crippen molar-refractivity contribution in [2.75, 3.05) is 0 Å². The van der Waals surface area contributed by atoms with Gasteiger partial charge in [-0.15, -0.1) is 0 Å². The van der Waals surface area contributed by atoms with Gasteiger partial charge in [-0.2, -0.15) is 0 Å². The maximum Gasteiger partial charge on any atom is 0.0398 e. The maximum absolute atomic E-state index is 3.85. The van der Waals surface area contributed by atoms with E-state index in [2.05, 4.69) is 70.0 Å². The van der Waals surface area contributed by atoms with Gasteiger partial charge in [-0.05, 0) is 24.0 Å². The third kappa shape index (κ3) is 5.05. The number of hydrogen-bond acceptors (Lipinski definition) is 0. The molecule has 0 heterocycles. The highest BCUT2D eigenvalue weighted by atomic mass is 79.9. The smallest absolute Gasteiger partial charge is 0.0398 e. The van der Waals surface area contributed by atoms with Gasteiger partial charge in [-0.25, -0.2) is 0 Å². The lowest BCUT2D eigenvalue weighted by molar-refractivity contribution is 0.688. The van der Waals surface area contributed by atoms with Crippen LogP contribution in [0.4, 0.5) is 0 Å². The lowest BCUT2D eigenvalue weighted by Crippen LogP contribution is -2.00. The largest absolute Gasteiger partial charge is 0.0839 e. The molecule has 0 aliphatic carbocycles. The van der Waals surface area contributed by atoms with Crippen LogP contribution in [-0.2, 0) is 0 Å². The van der Waals surface area contributed by atoms with Crippen molar-refractivity contribution in [2.45, 2.75) is 62.0 Å². The average Bonchev–Trinajstić information content (AvgIpc) is 2.42. The van der Waals surface area contributed by atoms with Crippen LogP contribution in [-0.4, -0.2) is 0 Å². The summed E-state index contributed by atoms with van der Waals surface area (Å²) < 4.78 is 0. The molecule has 0 N–H and O–H groups in total. The Morgan fingerprint density at radius 2 is 1.22 bits per heavy atom. The van der Waals surface area contributed by atoms with E-state index < -0.39 is 0 Å². The van der Waals surface area contributed by atoms with Gasteiger partial charge < -0.3 is 0 Å². The monoisotopic (exact) mass is 374 g/mol. The zero-order valence-electron chi connectivity index (χ0n) is 11.5. The van der Waals surface area contributed by atoms with E-state index in [1.165, 1.54) is 49.7 Å². The molecule has 0 saturated heterocycles. The Labute approximate surface area is 129 Å². The molecule has 1 rings (SSSR count). The number of rotatable bonds is 8. The van der Waals surface area contributed by atoms with Crippen LogP contribution in [0.2, 0.25) is 0 Å². The molecular weight excluding hydrogens is 352 g/mol. The van der Waals surface area contributed by atoms with Crippen molar-refractivity contribution in [3.63, 3.8) is 0 Å². The number of alkyl halides is 2. The first-order valence-electron chi connectivity index (χ1n) is 7.07. The van der Waals surface area contributed by atoms with E-state index in [1.54, 1.807) is 0 Å². The zero-order valence-corrected chi connectivity index (χ0v) is 14.6. The van der Waals surface area contributed by atoms with Crippen LogP contribution in [0.3, 0.4) is 0 Å². The molecule has 2 heteroatoms. The van der Waals surface area contributed by atoms with Gasteiger partial charge in [0, 0.05) is 9.65 Å². The SMILES string of the molecule is CCCCC(Br)c1ccccc1C(Br)CCCC. The standard InChI is InChI=1S/C16H24Br2/c1-3-5-11-15(17)13-9-7-8-10-14(13)16(18)12-6-4-2/h7-10,15-16H,3-6,11-12H2,1-2H3. The minimum Gasteiger partial charge on any atom is -0.0839 e. The van der Waals surface area contributed by atoms with E-state index in [1.807, 2.05) is 0 Å². The van der Waals surface area contributed by atoms with E-state index in [0.29, 0.717) is 9.65 Å². The highest BCUT2D eigenvalue weighted by molar-refractivity contribution is 9.09. The van der Waals surface area contributed by atoms with Gasteiger partial charge >= 0.3 is 0 Å². The molecule has 0 saturated carbocycles. The van der Waals surface area contributed by atoms with Crippen molar-refractivity contribution in [1.29, 1.82) is 0 Å². The third-order valence-electron chi connectivity index (χ3n) is 3.29. The topological polar surface area (TPSA) is 0 Å². The summed E-state index contributed by atoms with van der Waals surface area (Å²) in [6.07, 6.45) is 7.54. The van der Waals surface area contributed by atoms with Crippen LogP contribution in [0.15, 0.2) is 24.3 Å². The zero-order chi connectivity index (χ0) is 13.4. The van der Waals surface area contributed by atoms with Crippen molar-refractivity contribution in [3.05, 3.63) is 35.4 Å². The van der Waals surface area contributed by atoms with E-state index in [4.69, 9.17) is 0 Å². The Balaban J connectivity index is 2.77. The molecule has 2 atom stereocenters. The van der Waals surface area contributed by atoms with Gasteiger partial charge in [-0.3, -0.25) is 0 Å². The number of hydrogen-bond donors (Lipinski definition) is 0. The minimum atomic E-state index is 0.496. The van der Waals surface area contributed by atoms with Gasteiger partial charge in [0.2, 0.25) is 0 Å². The molecular formula is C16H24Br2. The third-order valence-corrected chi connectivity index (χ3v) is 5.20. The van der Waals surface area contributed by atoms with Crippen LogP contribution in [0.1, 0.15) is 73.2 Å². The highest BCUT2D eigenvalue weighted by Gasteiger charge is 2.16. The molecule has 18 heavy (non-hydrogen) atoms. The predicted octanol–water partition coefficient (Wildman–Crippen LogP) is 6.94. The summed E-state index contributed by atoms with van der Waals surface area (Å²) in [4.78, 5) is 0.991. The normalized spacial score (nSPS) is 14.4. The molecule has 2 unspecified atom stereocenters. The lowest BCUT2D eigenvalue weighted by Gasteiger charge is -2.18. The fraction of sp³-hybridized carbons (Fsp3) is 0.625. The summed E-state index contributed by atoms with van der Waals surface area (Å²) in [5.41, 5.74) is 2.92. The molecule has 0 amide bonds. The van der Waals surface area contributed by atoms with Gasteiger partial charge in [0.1, 0.15) is 0 Å². The second-order valence-corrected chi connectivity index (χ2v) is 7.06. The molecule has 0 radical (unpaired) electrons. The Hall–Kier alpha value is 0.180. The van der Waals surface area contributed by atoms with Crippen molar-refractivity contribution in [3.8, 4) is 0 Å². The van der Waals surface area contributed by atoms with Crippen molar-refractivity contribution >= 4 is 31.9 Å². The van der Waals surface area contributed by atoms with Crippen molar-refractivity contribution in [2.24, 2.45) is 0 Å². The predicted molar refractivity (Wildman–Crippen MR) is 88.8 cm³/mol. The van der Waals surface area contributed by atoms with Crippen LogP contribution in [0, 0.1) is 0 Å². The Morgan fingerprint density at radius 1 is 0.833 bits per heavy atom. The molecule has 0 nitrogen and oxygen atoms in total. The number of unbranched alkanes of at least 4 members (excludes halogenated alkanes) is 2. The summed E-state index contributed by atoms with van der Waals surface area (Å²) in [5.74, 6) is 0. The number of halogens is 2. The molecule has 0 aliphatic rings. The second-order valence-electron chi connectivity index (χ2n) is 4.85. The van der Waals surface area contributed by atoms with Crippen molar-refractivity contribution in [1.82, 2.24) is 0 Å². The fourth-order valence-corrected chi connectivity index (χ4v) is 3.64. The van der Waals surface area contributed by atoms with Gasteiger partial charge in [0.15, 0.2) is 0 Å². The van der Waals surface area contributed by atoms with Gasteiger partial charge in [-0.1, -0.05) is 95.7 Å². The lowest BCUT2D eigenvalue weighted by atomic mass is 9.97. The number of benzene rings is 1. The van der Waals surface area contributed by atoms with E-state index in [9.17, 15) is 0 Å². The summed E-state index contributed by atoms with van der Waals surface area (Å²) in [5, 5.41) is 0. The minimum absolute atomic E-state index is 0.496. The van der Waals surface area contributed by atoms with E-state index in [-0.39, 0.29) is 0 Å². The van der Waals surface area contributed by atoms with Crippen LogP contribution in [0.5, 0.6) is 0 Å². The van der Waals surface area contributed by atoms with Crippen LogP contribution < -0.4 is 0 Å². The van der Waals surface area contributed by atoms with Gasteiger partial charge in [0.05, 0.1) is 0 Å². The van der Waals surface area contributed by atoms with E-state index in [0.717, 1.165) is 0 Å². The Bertz CT molecular complexity index is 303. The average molecular weight is 376 g/mol. The maximum atomic E-state index is 3.85. The first-order chi connectivity index (χ1) is 8.70. The Kier molecular flexibility index (Phi) is 8.25. The molecule has 1 aromatic carbocycles. The molecule has 0 aliphatic heterocycles. The Morgan fingerprint density at radius 3 is 1.56 bits per heavy atom. The van der Waals surface area contributed by atoms with Crippen molar-refractivity contribution < 1.29 is 0 Å². The molecule has 0 bridgehead atoms. The summed E-state index contributed by atoms with van der Waals surface area (Å²) in [6, 6.07) is 8.84. The molecule has 1 aromatic rings. The highest BCUT2D eigenvalue weighted by Crippen LogP contribution is 2.38. The summed E-state index contributed by atoms with van der Waals surface area (Å²) >= 11 is 7.71. The first kappa shape index (κ1) is 16.2. The van der Waals surface area contributed by atoms with Crippen LogP contribution in [0.25, 0.3) is 0 Å². The van der Waals surface area contributed by atoms with Crippen LogP contribution >= 0.6 is 31.9 Å². The molecule has 0 fully saturated rings.